The van der Waals surface area contributed by atoms with Gasteiger partial charge in [-0.25, -0.2) is 0 Å². The van der Waals surface area contributed by atoms with Crippen molar-refractivity contribution < 1.29 is 14.3 Å². The van der Waals surface area contributed by atoms with Gasteiger partial charge in [-0.1, -0.05) is 19.3 Å². The lowest BCUT2D eigenvalue weighted by molar-refractivity contribution is -0.121. The number of thioether (sulfide) groups is 1. The summed E-state index contributed by atoms with van der Waals surface area (Å²) in [5, 5.41) is 0. The molecule has 0 unspecified atom stereocenters. The summed E-state index contributed by atoms with van der Waals surface area (Å²) in [5.74, 6) is 2.90. The molecule has 1 saturated carbocycles. The van der Waals surface area contributed by atoms with E-state index in [0.717, 1.165) is 35.7 Å². The number of Topliss-reactive ketones (excluding diaryl/α,β-unsaturated/α-hetero) is 1. The Bertz CT molecular complexity index is 495. The zero-order valence-corrected chi connectivity index (χ0v) is 13.1. The van der Waals surface area contributed by atoms with E-state index in [1.54, 1.807) is 11.8 Å². The second-order valence-electron chi connectivity index (χ2n) is 5.75. The summed E-state index contributed by atoms with van der Waals surface area (Å²) < 4.78 is 11.3. The van der Waals surface area contributed by atoms with Crippen LogP contribution < -0.4 is 9.47 Å². The molecule has 0 spiro atoms. The predicted molar refractivity (Wildman–Crippen MR) is 84.4 cm³/mol. The third kappa shape index (κ3) is 3.94. The van der Waals surface area contributed by atoms with Crippen molar-refractivity contribution in [3.8, 4) is 11.5 Å². The van der Waals surface area contributed by atoms with Crippen LogP contribution in [-0.2, 0) is 4.79 Å². The van der Waals surface area contributed by atoms with Gasteiger partial charge >= 0.3 is 0 Å². The van der Waals surface area contributed by atoms with Gasteiger partial charge in [0.05, 0.1) is 19.0 Å². The van der Waals surface area contributed by atoms with Crippen LogP contribution in [0.4, 0.5) is 0 Å². The molecule has 0 radical (unpaired) electrons. The molecule has 1 aromatic carbocycles. The number of rotatable bonds is 4. The number of ether oxygens (including phenoxy) is 2. The largest absolute Gasteiger partial charge is 0.490 e. The molecule has 1 fully saturated rings. The summed E-state index contributed by atoms with van der Waals surface area (Å²) in [4.78, 5) is 13.3. The number of carbonyl (C=O) groups excluding carboxylic acids is 1. The maximum absolute atomic E-state index is 12.2. The molecule has 3 nitrogen and oxygen atoms in total. The van der Waals surface area contributed by atoms with Crippen LogP contribution >= 0.6 is 11.8 Å². The Kier molecular flexibility index (Phi) is 5.07. The van der Waals surface area contributed by atoms with Gasteiger partial charge < -0.3 is 9.47 Å². The van der Waals surface area contributed by atoms with Crippen LogP contribution in [0.1, 0.15) is 38.5 Å². The fraction of sp³-hybridized carbons (Fsp3) is 0.588. The van der Waals surface area contributed by atoms with Crippen molar-refractivity contribution in [1.82, 2.24) is 0 Å². The first-order valence-electron chi connectivity index (χ1n) is 7.88. The van der Waals surface area contributed by atoms with Gasteiger partial charge in [0.15, 0.2) is 11.5 Å². The van der Waals surface area contributed by atoms with Crippen molar-refractivity contribution in [1.29, 1.82) is 0 Å². The first-order valence-corrected chi connectivity index (χ1v) is 8.86. The maximum atomic E-state index is 12.2. The first-order chi connectivity index (χ1) is 10.3. The van der Waals surface area contributed by atoms with Gasteiger partial charge in [-0.05, 0) is 31.0 Å². The molecule has 1 aliphatic carbocycles. The van der Waals surface area contributed by atoms with Gasteiger partial charge in [-0.2, -0.15) is 0 Å². The van der Waals surface area contributed by atoms with Crippen LogP contribution in [0.25, 0.3) is 0 Å². The SMILES string of the molecule is O=C(CSc1ccc2c(c1)OCCCO2)C1CCCCC1. The van der Waals surface area contributed by atoms with Gasteiger partial charge in [0.25, 0.3) is 0 Å². The highest BCUT2D eigenvalue weighted by atomic mass is 32.2. The maximum Gasteiger partial charge on any atom is 0.162 e. The minimum atomic E-state index is 0.298. The highest BCUT2D eigenvalue weighted by molar-refractivity contribution is 8.00. The van der Waals surface area contributed by atoms with Crippen LogP contribution in [0.3, 0.4) is 0 Å². The molecule has 114 valence electrons. The van der Waals surface area contributed by atoms with E-state index < -0.39 is 0 Å². The molecule has 0 amide bonds. The third-order valence-corrected chi connectivity index (χ3v) is 5.18. The molecular weight excluding hydrogens is 284 g/mol. The highest BCUT2D eigenvalue weighted by Crippen LogP contribution is 2.34. The number of hydrogen-bond donors (Lipinski definition) is 0. The van der Waals surface area contributed by atoms with Crippen molar-refractivity contribution in [3.05, 3.63) is 18.2 Å². The number of carbonyl (C=O) groups is 1. The van der Waals surface area contributed by atoms with Crippen LogP contribution in [0.2, 0.25) is 0 Å². The van der Waals surface area contributed by atoms with E-state index in [4.69, 9.17) is 9.47 Å². The lowest BCUT2D eigenvalue weighted by Gasteiger charge is -2.20. The number of ketones is 1. The average molecular weight is 306 g/mol. The summed E-state index contributed by atoms with van der Waals surface area (Å²) in [5.41, 5.74) is 0. The quantitative estimate of drug-likeness (QED) is 0.785. The normalized spacial score (nSPS) is 19.0. The lowest BCUT2D eigenvalue weighted by atomic mass is 9.87. The molecule has 1 heterocycles. The second kappa shape index (κ2) is 7.21. The van der Waals surface area contributed by atoms with Crippen LogP contribution in [0.5, 0.6) is 11.5 Å². The van der Waals surface area contributed by atoms with Gasteiger partial charge in [0, 0.05) is 17.2 Å². The Morgan fingerprint density at radius 3 is 2.62 bits per heavy atom. The minimum Gasteiger partial charge on any atom is -0.490 e. The van der Waals surface area contributed by atoms with E-state index >= 15 is 0 Å². The summed E-state index contributed by atoms with van der Waals surface area (Å²) >= 11 is 1.62. The Labute approximate surface area is 130 Å². The molecule has 4 heteroatoms. The van der Waals surface area contributed by atoms with Gasteiger partial charge in [-0.3, -0.25) is 4.79 Å². The van der Waals surface area contributed by atoms with Crippen molar-refractivity contribution in [3.63, 3.8) is 0 Å². The number of benzene rings is 1. The molecule has 0 saturated heterocycles. The summed E-state index contributed by atoms with van der Waals surface area (Å²) in [6.07, 6.45) is 6.80. The zero-order valence-electron chi connectivity index (χ0n) is 12.3. The van der Waals surface area contributed by atoms with Crippen LogP contribution in [0.15, 0.2) is 23.1 Å². The van der Waals surface area contributed by atoms with Crippen LogP contribution in [0, 0.1) is 5.92 Å². The molecule has 0 N–H and O–H groups in total. The average Bonchev–Trinajstić information content (AvgIpc) is 2.78. The van der Waals surface area contributed by atoms with E-state index in [-0.39, 0.29) is 0 Å². The molecule has 2 aliphatic rings. The van der Waals surface area contributed by atoms with Crippen molar-refractivity contribution in [2.24, 2.45) is 5.92 Å². The third-order valence-electron chi connectivity index (χ3n) is 4.16. The molecule has 0 bridgehead atoms. The molecule has 1 aromatic rings. The monoisotopic (exact) mass is 306 g/mol. The summed E-state index contributed by atoms with van der Waals surface area (Å²) in [7, 11) is 0. The van der Waals surface area contributed by atoms with Crippen molar-refractivity contribution >= 4 is 17.5 Å². The molecule has 3 rings (SSSR count). The highest BCUT2D eigenvalue weighted by Gasteiger charge is 2.21. The topological polar surface area (TPSA) is 35.5 Å². The fourth-order valence-corrected chi connectivity index (χ4v) is 3.83. The van der Waals surface area contributed by atoms with Crippen molar-refractivity contribution in [2.45, 2.75) is 43.4 Å². The Morgan fingerprint density at radius 1 is 1.05 bits per heavy atom. The Morgan fingerprint density at radius 2 is 1.81 bits per heavy atom. The van der Waals surface area contributed by atoms with E-state index in [1.807, 2.05) is 18.2 Å². The van der Waals surface area contributed by atoms with Gasteiger partial charge in [0.1, 0.15) is 5.78 Å². The van der Waals surface area contributed by atoms with Gasteiger partial charge in [-0.15, -0.1) is 11.8 Å². The van der Waals surface area contributed by atoms with Crippen molar-refractivity contribution in [2.75, 3.05) is 19.0 Å². The molecular formula is C17H22O3S. The van der Waals surface area contributed by atoms with E-state index in [1.165, 1.54) is 19.3 Å². The first kappa shape index (κ1) is 14.8. The molecule has 21 heavy (non-hydrogen) atoms. The van der Waals surface area contributed by atoms with E-state index in [2.05, 4.69) is 0 Å². The molecule has 0 atom stereocenters. The van der Waals surface area contributed by atoms with E-state index in [9.17, 15) is 4.79 Å². The summed E-state index contributed by atoms with van der Waals surface area (Å²) in [6.45, 7) is 1.40. The molecule has 0 aromatic heterocycles. The second-order valence-corrected chi connectivity index (χ2v) is 6.80. The lowest BCUT2D eigenvalue weighted by Crippen LogP contribution is -2.19. The summed E-state index contributed by atoms with van der Waals surface area (Å²) in [6, 6.07) is 5.97. The zero-order chi connectivity index (χ0) is 14.5. The fourth-order valence-electron chi connectivity index (χ4n) is 2.93. The van der Waals surface area contributed by atoms with Crippen LogP contribution in [-0.4, -0.2) is 24.7 Å². The predicted octanol–water partition coefficient (Wildman–Crippen LogP) is 4.09. The smallest absolute Gasteiger partial charge is 0.162 e. The molecule has 1 aliphatic heterocycles. The van der Waals surface area contributed by atoms with E-state index in [0.29, 0.717) is 30.7 Å². The minimum absolute atomic E-state index is 0.298. The number of hydrogen-bond acceptors (Lipinski definition) is 4. The Balaban J connectivity index is 1.57. The Hall–Kier alpha value is -1.16. The number of fused-ring (bicyclic) bond motifs is 1. The van der Waals surface area contributed by atoms with Gasteiger partial charge in [0.2, 0.25) is 0 Å². The standard InChI is InChI=1S/C17H22O3S/c18-15(13-5-2-1-3-6-13)12-21-14-7-8-16-17(11-14)20-10-4-9-19-16/h7-8,11,13H,1-6,9-10,12H2.